The van der Waals surface area contributed by atoms with Crippen molar-refractivity contribution in [3.63, 3.8) is 0 Å². The average Bonchev–Trinajstić information content (AvgIpc) is 3.43. The third kappa shape index (κ3) is 3.08. The summed E-state index contributed by atoms with van der Waals surface area (Å²) in [5.41, 5.74) is 7.03. The Balaban J connectivity index is 1.48. The van der Waals surface area contributed by atoms with E-state index in [2.05, 4.69) is 42.6 Å². The highest BCUT2D eigenvalue weighted by atomic mass is 19.1. The van der Waals surface area contributed by atoms with Gasteiger partial charge in [-0.3, -0.25) is 15.1 Å². The first-order valence-electron chi connectivity index (χ1n) is 10.1. The molecule has 0 saturated carbocycles. The lowest BCUT2D eigenvalue weighted by molar-refractivity contribution is 0.628. The maximum atomic E-state index is 13.4. The lowest BCUT2D eigenvalue weighted by Gasteiger charge is -2.13. The predicted molar refractivity (Wildman–Crippen MR) is 118 cm³/mol. The Morgan fingerprint density at radius 3 is 2.74 bits per heavy atom. The van der Waals surface area contributed by atoms with E-state index in [1.54, 1.807) is 24.5 Å². The molecular formula is C23H18FN7. The summed E-state index contributed by atoms with van der Waals surface area (Å²) in [7, 11) is 0. The molecule has 3 N–H and O–H groups in total. The number of H-pyrrole nitrogens is 2. The van der Waals surface area contributed by atoms with Crippen molar-refractivity contribution >= 4 is 27.5 Å². The molecule has 0 radical (unpaired) electrons. The van der Waals surface area contributed by atoms with Crippen molar-refractivity contribution in [3.8, 4) is 22.6 Å². The second kappa shape index (κ2) is 7.10. The third-order valence-electron chi connectivity index (χ3n) is 5.61. The van der Waals surface area contributed by atoms with E-state index in [0.717, 1.165) is 64.0 Å². The Kier molecular flexibility index (Phi) is 4.10. The first-order valence-corrected chi connectivity index (χ1v) is 10.1. The monoisotopic (exact) mass is 411 g/mol. The Hall–Kier alpha value is -3.91. The molecule has 0 bridgehead atoms. The Morgan fingerprint density at radius 2 is 1.90 bits per heavy atom. The summed E-state index contributed by atoms with van der Waals surface area (Å²) in [5, 5.41) is 11.8. The highest BCUT2D eigenvalue weighted by molar-refractivity contribution is 5.97. The predicted octanol–water partition coefficient (Wildman–Crippen LogP) is 4.08. The van der Waals surface area contributed by atoms with Crippen LogP contribution in [0.4, 0.5) is 4.39 Å². The lowest BCUT2D eigenvalue weighted by atomic mass is 10.0. The molecule has 0 amide bonds. The Bertz CT molecular complexity index is 1450. The molecule has 4 aromatic heterocycles. The summed E-state index contributed by atoms with van der Waals surface area (Å²) in [4.78, 5) is 17.1. The fraction of sp³-hybridized carbons (Fsp3) is 0.130. The van der Waals surface area contributed by atoms with E-state index in [4.69, 9.17) is 4.98 Å². The van der Waals surface area contributed by atoms with E-state index in [-0.39, 0.29) is 5.82 Å². The molecule has 5 heterocycles. The number of aromatic amines is 2. The van der Waals surface area contributed by atoms with Gasteiger partial charge in [-0.25, -0.2) is 9.37 Å². The Labute approximate surface area is 176 Å². The van der Waals surface area contributed by atoms with Crippen LogP contribution in [0, 0.1) is 5.82 Å². The molecule has 152 valence electrons. The van der Waals surface area contributed by atoms with Gasteiger partial charge in [-0.05, 0) is 42.3 Å². The van der Waals surface area contributed by atoms with Crippen LogP contribution in [-0.2, 0) is 0 Å². The van der Waals surface area contributed by atoms with Crippen LogP contribution in [0.2, 0.25) is 0 Å². The van der Waals surface area contributed by atoms with Gasteiger partial charge >= 0.3 is 0 Å². The number of hydrogen-bond donors (Lipinski definition) is 3. The van der Waals surface area contributed by atoms with Crippen molar-refractivity contribution in [2.45, 2.75) is 6.42 Å². The summed E-state index contributed by atoms with van der Waals surface area (Å²) in [5.74, 6) is 0.372. The van der Waals surface area contributed by atoms with Crippen LogP contribution in [0.3, 0.4) is 0 Å². The van der Waals surface area contributed by atoms with E-state index < -0.39 is 0 Å². The molecule has 0 unspecified atom stereocenters. The number of hydrogen-bond acceptors (Lipinski definition) is 5. The average molecular weight is 411 g/mol. The molecule has 8 heteroatoms. The summed E-state index contributed by atoms with van der Waals surface area (Å²) < 4.78 is 13.4. The van der Waals surface area contributed by atoms with E-state index in [9.17, 15) is 4.39 Å². The minimum Gasteiger partial charge on any atom is -0.335 e. The van der Waals surface area contributed by atoms with Gasteiger partial charge in [0.1, 0.15) is 11.5 Å². The molecule has 5 aromatic rings. The molecular weight excluding hydrogens is 393 g/mol. The lowest BCUT2D eigenvalue weighted by Crippen LogP contribution is -2.20. The van der Waals surface area contributed by atoms with Gasteiger partial charge in [-0.1, -0.05) is 18.2 Å². The quantitative estimate of drug-likeness (QED) is 0.416. The summed E-state index contributed by atoms with van der Waals surface area (Å²) in [6, 6.07) is 8.40. The largest absolute Gasteiger partial charge is 0.335 e. The number of pyridine rings is 2. The van der Waals surface area contributed by atoms with Crippen LogP contribution < -0.4 is 5.32 Å². The zero-order valence-corrected chi connectivity index (χ0v) is 16.5. The molecule has 7 nitrogen and oxygen atoms in total. The molecule has 31 heavy (non-hydrogen) atoms. The van der Waals surface area contributed by atoms with Crippen LogP contribution in [0.15, 0.2) is 55.0 Å². The molecule has 0 fully saturated rings. The van der Waals surface area contributed by atoms with Crippen molar-refractivity contribution < 1.29 is 4.39 Å². The van der Waals surface area contributed by atoms with E-state index in [1.807, 2.05) is 6.20 Å². The molecule has 1 aromatic carbocycles. The molecule has 1 aliphatic rings. The second-order valence-electron chi connectivity index (χ2n) is 7.55. The van der Waals surface area contributed by atoms with Crippen molar-refractivity contribution in [3.05, 3.63) is 66.5 Å². The van der Waals surface area contributed by atoms with Gasteiger partial charge in [0.2, 0.25) is 0 Å². The fourth-order valence-electron chi connectivity index (χ4n) is 4.01. The molecule has 6 rings (SSSR count). The Morgan fingerprint density at radius 1 is 1.00 bits per heavy atom. The number of benzene rings is 1. The van der Waals surface area contributed by atoms with Gasteiger partial charge in [0.25, 0.3) is 0 Å². The van der Waals surface area contributed by atoms with Gasteiger partial charge in [-0.2, -0.15) is 5.10 Å². The fourth-order valence-corrected chi connectivity index (χ4v) is 4.01. The summed E-state index contributed by atoms with van der Waals surface area (Å²) in [6.45, 7) is 1.81. The van der Waals surface area contributed by atoms with Crippen molar-refractivity contribution in [2.24, 2.45) is 0 Å². The van der Waals surface area contributed by atoms with E-state index in [1.165, 1.54) is 17.7 Å². The number of nitrogens with zero attached hydrogens (tertiary/aromatic N) is 4. The SMILES string of the molecule is Fc1ccc(-c2cncc3[nH]c(-c4n[nH]c5cnc(C6=CCNCC6)cc45)nc23)cc1. The van der Waals surface area contributed by atoms with Crippen molar-refractivity contribution in [1.82, 2.24) is 35.5 Å². The number of halogens is 1. The van der Waals surface area contributed by atoms with Crippen molar-refractivity contribution in [2.75, 3.05) is 13.1 Å². The van der Waals surface area contributed by atoms with Gasteiger partial charge < -0.3 is 10.3 Å². The van der Waals surface area contributed by atoms with Gasteiger partial charge in [0.15, 0.2) is 5.82 Å². The number of fused-ring (bicyclic) bond motifs is 2. The number of rotatable bonds is 3. The third-order valence-corrected chi connectivity index (χ3v) is 5.61. The van der Waals surface area contributed by atoms with Crippen LogP contribution in [0.1, 0.15) is 12.1 Å². The van der Waals surface area contributed by atoms with Gasteiger partial charge in [0.05, 0.1) is 34.6 Å². The van der Waals surface area contributed by atoms with Crippen LogP contribution in [0.5, 0.6) is 0 Å². The zero-order valence-electron chi connectivity index (χ0n) is 16.5. The molecule has 0 saturated heterocycles. The number of aromatic nitrogens is 6. The summed E-state index contributed by atoms with van der Waals surface area (Å²) in [6.07, 6.45) is 8.43. The van der Waals surface area contributed by atoms with E-state index >= 15 is 0 Å². The van der Waals surface area contributed by atoms with Crippen LogP contribution >= 0.6 is 0 Å². The molecule has 0 atom stereocenters. The van der Waals surface area contributed by atoms with Gasteiger partial charge in [0, 0.05) is 23.7 Å². The first-order chi connectivity index (χ1) is 15.3. The zero-order chi connectivity index (χ0) is 20.8. The topological polar surface area (TPSA) is 95.2 Å². The van der Waals surface area contributed by atoms with Gasteiger partial charge in [-0.15, -0.1) is 0 Å². The minimum atomic E-state index is -0.275. The summed E-state index contributed by atoms with van der Waals surface area (Å²) >= 11 is 0. The van der Waals surface area contributed by atoms with Crippen LogP contribution in [-0.4, -0.2) is 43.2 Å². The number of nitrogens with one attached hydrogen (secondary N) is 3. The maximum Gasteiger partial charge on any atom is 0.159 e. The molecule has 1 aliphatic heterocycles. The number of imidazole rings is 1. The van der Waals surface area contributed by atoms with E-state index in [0.29, 0.717) is 5.82 Å². The second-order valence-corrected chi connectivity index (χ2v) is 7.55. The van der Waals surface area contributed by atoms with Crippen molar-refractivity contribution in [1.29, 1.82) is 0 Å². The smallest absolute Gasteiger partial charge is 0.159 e. The molecule has 0 spiro atoms. The minimum absolute atomic E-state index is 0.275. The van der Waals surface area contributed by atoms with Crippen LogP contribution in [0.25, 0.3) is 50.2 Å². The maximum absolute atomic E-state index is 13.4. The normalized spacial score (nSPS) is 14.3. The standard InChI is InChI=1S/C23H18FN7/c24-15-3-1-13(2-4-15)17-10-26-11-20-21(17)29-23(28-20)22-16-9-18(14-5-7-25-8-6-14)27-12-19(16)30-31-22/h1-5,9-12,25H,6-8H2,(H,28,29)(H,30,31). The molecule has 0 aliphatic carbocycles. The first kappa shape index (κ1) is 17.9. The highest BCUT2D eigenvalue weighted by Crippen LogP contribution is 2.31. The highest BCUT2D eigenvalue weighted by Gasteiger charge is 2.17.